The second-order valence-electron chi connectivity index (χ2n) is 8.07. The lowest BCUT2D eigenvalue weighted by atomic mass is 9.95. The van der Waals surface area contributed by atoms with Crippen molar-refractivity contribution >= 4 is 35.3 Å². The van der Waals surface area contributed by atoms with Gasteiger partial charge in [-0.1, -0.05) is 73.1 Å². The molecule has 35 heavy (non-hydrogen) atoms. The van der Waals surface area contributed by atoms with E-state index in [0.717, 1.165) is 24.0 Å². The van der Waals surface area contributed by atoms with Gasteiger partial charge in [-0.05, 0) is 38.0 Å². The summed E-state index contributed by atoms with van der Waals surface area (Å²) in [6.07, 6.45) is 1.75. The van der Waals surface area contributed by atoms with Crippen molar-refractivity contribution < 1.29 is 14.3 Å². The van der Waals surface area contributed by atoms with Crippen molar-refractivity contribution in [2.24, 2.45) is 0 Å². The van der Waals surface area contributed by atoms with Crippen LogP contribution >= 0.6 is 23.4 Å². The fourth-order valence-corrected chi connectivity index (χ4v) is 5.00. The Balaban J connectivity index is 1.71. The SMILES string of the molecule is CCCCOC(=O)C1=C(C)Nc2nc(SCc3ccccc3Cl)nn2C1c1ccccc1OCC. The number of hydrogen-bond acceptors (Lipinski definition) is 7. The van der Waals surface area contributed by atoms with Crippen LogP contribution in [0.5, 0.6) is 5.75 Å². The summed E-state index contributed by atoms with van der Waals surface area (Å²) in [7, 11) is 0. The van der Waals surface area contributed by atoms with Crippen molar-refractivity contribution in [3.63, 3.8) is 0 Å². The molecule has 0 spiro atoms. The fraction of sp³-hybridized carbons (Fsp3) is 0.346. The number of halogens is 1. The van der Waals surface area contributed by atoms with Crippen LogP contribution in [0.25, 0.3) is 0 Å². The van der Waals surface area contributed by atoms with Crippen molar-refractivity contribution in [3.05, 3.63) is 76.0 Å². The number of carbonyl (C=O) groups excluding carboxylic acids is 1. The largest absolute Gasteiger partial charge is 0.494 e. The number of esters is 1. The van der Waals surface area contributed by atoms with Gasteiger partial charge < -0.3 is 14.8 Å². The van der Waals surface area contributed by atoms with Gasteiger partial charge in [0.2, 0.25) is 11.1 Å². The van der Waals surface area contributed by atoms with Gasteiger partial charge in [0.1, 0.15) is 11.8 Å². The molecule has 0 saturated carbocycles. The third kappa shape index (κ3) is 5.65. The van der Waals surface area contributed by atoms with Crippen LogP contribution in [0.4, 0.5) is 5.95 Å². The fourth-order valence-electron chi connectivity index (χ4n) is 3.88. The molecule has 2 aromatic carbocycles. The van der Waals surface area contributed by atoms with Crippen molar-refractivity contribution in [1.29, 1.82) is 0 Å². The molecule has 2 heterocycles. The normalized spacial score (nSPS) is 14.9. The van der Waals surface area contributed by atoms with Crippen LogP contribution in [0.15, 0.2) is 65.0 Å². The number of rotatable bonds is 10. The molecule has 184 valence electrons. The summed E-state index contributed by atoms with van der Waals surface area (Å²) in [4.78, 5) is 18.0. The highest BCUT2D eigenvalue weighted by Crippen LogP contribution is 2.40. The maximum absolute atomic E-state index is 13.3. The number of carbonyl (C=O) groups is 1. The molecule has 0 saturated heterocycles. The van der Waals surface area contributed by atoms with Gasteiger partial charge >= 0.3 is 5.97 Å². The van der Waals surface area contributed by atoms with Crippen LogP contribution in [0.3, 0.4) is 0 Å². The number of aromatic nitrogens is 3. The number of nitrogens with zero attached hydrogens (tertiary/aromatic N) is 3. The maximum Gasteiger partial charge on any atom is 0.338 e. The summed E-state index contributed by atoms with van der Waals surface area (Å²) in [5.74, 6) is 1.51. The number of benzene rings is 2. The minimum atomic E-state index is -0.537. The van der Waals surface area contributed by atoms with Crippen LogP contribution in [-0.2, 0) is 15.3 Å². The van der Waals surface area contributed by atoms with Gasteiger partial charge in [-0.25, -0.2) is 9.48 Å². The number of anilines is 1. The molecule has 0 fully saturated rings. The number of ether oxygens (including phenoxy) is 2. The predicted octanol–water partition coefficient (Wildman–Crippen LogP) is 6.25. The molecule has 0 aliphatic carbocycles. The first-order chi connectivity index (χ1) is 17.0. The van der Waals surface area contributed by atoms with Crippen molar-refractivity contribution in [3.8, 4) is 5.75 Å². The molecular weight excluding hydrogens is 484 g/mol. The Morgan fingerprint density at radius 2 is 1.94 bits per heavy atom. The zero-order valence-corrected chi connectivity index (χ0v) is 21.7. The number of para-hydroxylation sites is 1. The minimum Gasteiger partial charge on any atom is -0.494 e. The van der Waals surface area contributed by atoms with Gasteiger partial charge in [-0.3, -0.25) is 0 Å². The van der Waals surface area contributed by atoms with Gasteiger partial charge in [-0.15, -0.1) is 5.10 Å². The summed E-state index contributed by atoms with van der Waals surface area (Å²) >= 11 is 7.81. The summed E-state index contributed by atoms with van der Waals surface area (Å²) in [5.41, 5.74) is 3.01. The van der Waals surface area contributed by atoms with Crippen molar-refractivity contribution in [2.75, 3.05) is 18.5 Å². The van der Waals surface area contributed by atoms with E-state index in [0.29, 0.717) is 52.1 Å². The molecule has 0 radical (unpaired) electrons. The number of fused-ring (bicyclic) bond motifs is 1. The Kier molecular flexibility index (Phi) is 8.36. The first-order valence-corrected chi connectivity index (χ1v) is 13.1. The van der Waals surface area contributed by atoms with E-state index in [-0.39, 0.29) is 5.97 Å². The summed E-state index contributed by atoms with van der Waals surface area (Å²) in [6, 6.07) is 14.9. The van der Waals surface area contributed by atoms with E-state index in [4.69, 9.17) is 31.2 Å². The monoisotopic (exact) mass is 512 g/mol. The van der Waals surface area contributed by atoms with Gasteiger partial charge in [0.25, 0.3) is 0 Å². The highest BCUT2D eigenvalue weighted by atomic mass is 35.5. The standard InChI is InChI=1S/C26H29ClN4O3S/c1-4-6-15-34-24(32)22-17(3)28-25-29-26(35-16-18-11-7-9-13-20(18)27)30-31(25)23(22)19-12-8-10-14-21(19)33-5-2/h7-14,23H,4-6,15-16H2,1-3H3,(H,28,29,30). The van der Waals surface area contributed by atoms with Crippen molar-refractivity contribution in [2.45, 2.75) is 50.6 Å². The van der Waals surface area contributed by atoms with Gasteiger partial charge in [-0.2, -0.15) is 4.98 Å². The average molecular weight is 513 g/mol. The Labute approximate surface area is 214 Å². The number of nitrogens with one attached hydrogen (secondary N) is 1. The van der Waals surface area contributed by atoms with E-state index in [2.05, 4.69) is 12.2 Å². The molecule has 7 nitrogen and oxygen atoms in total. The zero-order chi connectivity index (χ0) is 24.8. The third-order valence-corrected chi connectivity index (χ3v) is 6.87. The van der Waals surface area contributed by atoms with Gasteiger partial charge in [0.05, 0.1) is 18.8 Å². The van der Waals surface area contributed by atoms with Crippen molar-refractivity contribution in [1.82, 2.24) is 14.8 Å². The first-order valence-electron chi connectivity index (χ1n) is 11.7. The van der Waals surface area contributed by atoms with Gasteiger partial charge in [0, 0.05) is 22.0 Å². The summed E-state index contributed by atoms with van der Waals surface area (Å²) in [6.45, 7) is 6.73. The average Bonchev–Trinajstić information content (AvgIpc) is 3.26. The molecule has 1 aromatic heterocycles. The molecule has 1 atom stereocenters. The van der Waals surface area contributed by atoms with E-state index in [1.807, 2.05) is 62.4 Å². The topological polar surface area (TPSA) is 78.3 Å². The molecule has 1 aliphatic heterocycles. The van der Waals surface area contributed by atoms with Crippen LogP contribution in [0.1, 0.15) is 50.8 Å². The molecule has 0 bridgehead atoms. The lowest BCUT2D eigenvalue weighted by Crippen LogP contribution is -2.30. The van der Waals surface area contributed by atoms with Crippen LogP contribution < -0.4 is 10.1 Å². The molecule has 1 N–H and O–H groups in total. The number of unbranched alkanes of at least 4 members (excludes halogenated alkanes) is 1. The third-order valence-electron chi connectivity index (χ3n) is 5.61. The molecule has 9 heteroatoms. The van der Waals surface area contributed by atoms with Crippen LogP contribution in [0, 0.1) is 0 Å². The lowest BCUT2D eigenvalue weighted by Gasteiger charge is -2.29. The Morgan fingerprint density at radius 3 is 2.71 bits per heavy atom. The van der Waals surface area contributed by atoms with E-state index < -0.39 is 6.04 Å². The highest BCUT2D eigenvalue weighted by Gasteiger charge is 2.36. The van der Waals surface area contributed by atoms with E-state index >= 15 is 0 Å². The summed E-state index contributed by atoms with van der Waals surface area (Å²) in [5, 5.41) is 9.33. The smallest absolute Gasteiger partial charge is 0.338 e. The van der Waals surface area contributed by atoms with E-state index in [1.54, 1.807) is 4.68 Å². The quantitative estimate of drug-likeness (QED) is 0.195. The second-order valence-corrected chi connectivity index (χ2v) is 9.42. The molecular formula is C26H29ClN4O3S. The number of hydrogen-bond donors (Lipinski definition) is 1. The minimum absolute atomic E-state index is 0.369. The predicted molar refractivity (Wildman–Crippen MR) is 139 cm³/mol. The molecule has 4 rings (SSSR count). The Hall–Kier alpha value is -2.97. The molecule has 1 unspecified atom stereocenters. The van der Waals surface area contributed by atoms with Crippen LogP contribution in [-0.4, -0.2) is 33.9 Å². The Bertz CT molecular complexity index is 1230. The Morgan fingerprint density at radius 1 is 1.17 bits per heavy atom. The van der Waals surface area contributed by atoms with Gasteiger partial charge in [0.15, 0.2) is 0 Å². The maximum atomic E-state index is 13.3. The zero-order valence-electron chi connectivity index (χ0n) is 20.1. The van der Waals surface area contributed by atoms with E-state index in [9.17, 15) is 4.79 Å². The first kappa shape index (κ1) is 25.1. The highest BCUT2D eigenvalue weighted by molar-refractivity contribution is 7.98. The molecule has 0 amide bonds. The number of allylic oxidation sites excluding steroid dienone is 1. The van der Waals surface area contributed by atoms with E-state index in [1.165, 1.54) is 11.8 Å². The van der Waals surface area contributed by atoms with Crippen LogP contribution in [0.2, 0.25) is 5.02 Å². The molecule has 1 aliphatic rings. The lowest BCUT2D eigenvalue weighted by molar-refractivity contribution is -0.139. The number of thioether (sulfide) groups is 1. The summed E-state index contributed by atoms with van der Waals surface area (Å²) < 4.78 is 13.3. The second kappa shape index (κ2) is 11.6. The molecule has 3 aromatic rings.